The Hall–Kier alpha value is -0.0800. The van der Waals surface area contributed by atoms with Gasteiger partial charge in [-0.3, -0.25) is 0 Å². The zero-order valence-corrected chi connectivity index (χ0v) is 11.9. The van der Waals surface area contributed by atoms with Gasteiger partial charge in [-0.1, -0.05) is 33.6 Å². The number of aliphatic hydroxyl groups is 1. The summed E-state index contributed by atoms with van der Waals surface area (Å²) in [4.78, 5) is 0. The topological polar surface area (TPSA) is 46.2 Å². The molecule has 1 fully saturated rings. The second kappa shape index (κ2) is 6.75. The predicted octanol–water partition coefficient (Wildman–Crippen LogP) is 3.33. The highest BCUT2D eigenvalue weighted by atomic mass is 16.3. The highest BCUT2D eigenvalue weighted by Gasteiger charge is 2.37. The van der Waals surface area contributed by atoms with Crippen LogP contribution in [0.3, 0.4) is 0 Å². The molecule has 0 aromatic heterocycles. The van der Waals surface area contributed by atoms with Gasteiger partial charge < -0.3 is 10.8 Å². The van der Waals surface area contributed by atoms with E-state index < -0.39 is 0 Å². The van der Waals surface area contributed by atoms with E-state index in [1.807, 2.05) is 0 Å². The maximum Gasteiger partial charge on any atom is 0.0436 e. The molecule has 1 saturated carbocycles. The lowest BCUT2D eigenvalue weighted by molar-refractivity contribution is 0.121. The first-order valence-electron chi connectivity index (χ1n) is 7.42. The van der Waals surface area contributed by atoms with Crippen molar-refractivity contribution in [2.45, 2.75) is 71.8 Å². The molecule has 0 radical (unpaired) electrons. The Morgan fingerprint density at radius 1 is 1.29 bits per heavy atom. The number of nitrogens with two attached hydrogens (primary N) is 1. The first-order valence-corrected chi connectivity index (χ1v) is 7.42. The van der Waals surface area contributed by atoms with Crippen molar-refractivity contribution in [3.05, 3.63) is 0 Å². The van der Waals surface area contributed by atoms with E-state index >= 15 is 0 Å². The second-order valence-corrected chi connectivity index (χ2v) is 6.29. The maximum absolute atomic E-state index is 9.34. The van der Waals surface area contributed by atoms with Gasteiger partial charge in [-0.05, 0) is 49.4 Å². The van der Waals surface area contributed by atoms with Crippen LogP contribution in [-0.4, -0.2) is 17.8 Å². The fraction of sp³-hybridized carbons (Fsp3) is 1.00. The Bertz CT molecular complexity index is 217. The molecule has 0 spiro atoms. The molecule has 0 bridgehead atoms. The first-order chi connectivity index (χ1) is 8.05. The molecule has 0 heterocycles. The Labute approximate surface area is 107 Å². The van der Waals surface area contributed by atoms with Gasteiger partial charge in [0.25, 0.3) is 0 Å². The Morgan fingerprint density at radius 3 is 2.53 bits per heavy atom. The van der Waals surface area contributed by atoms with Gasteiger partial charge in [-0.2, -0.15) is 0 Å². The second-order valence-electron chi connectivity index (χ2n) is 6.29. The zero-order valence-electron chi connectivity index (χ0n) is 11.9. The third kappa shape index (κ3) is 3.69. The average molecular weight is 241 g/mol. The van der Waals surface area contributed by atoms with Crippen LogP contribution >= 0.6 is 0 Å². The molecule has 0 aliphatic heterocycles. The van der Waals surface area contributed by atoms with Crippen molar-refractivity contribution in [1.82, 2.24) is 0 Å². The Balaban J connectivity index is 2.72. The molecule has 0 amide bonds. The van der Waals surface area contributed by atoms with Gasteiger partial charge in [-0.25, -0.2) is 0 Å². The van der Waals surface area contributed by atoms with E-state index in [2.05, 4.69) is 20.8 Å². The molecule has 102 valence electrons. The van der Waals surface area contributed by atoms with Crippen LogP contribution in [0.5, 0.6) is 0 Å². The summed E-state index contributed by atoms with van der Waals surface area (Å²) in [6.45, 7) is 7.14. The van der Waals surface area contributed by atoms with Crippen LogP contribution < -0.4 is 5.73 Å². The fourth-order valence-corrected chi connectivity index (χ4v) is 3.59. The lowest BCUT2D eigenvalue weighted by Crippen LogP contribution is -2.42. The normalized spacial score (nSPS) is 32.5. The Kier molecular flexibility index (Phi) is 5.94. The van der Waals surface area contributed by atoms with E-state index in [9.17, 15) is 5.11 Å². The monoisotopic (exact) mass is 241 g/mol. The van der Waals surface area contributed by atoms with Crippen molar-refractivity contribution in [3.8, 4) is 0 Å². The van der Waals surface area contributed by atoms with Gasteiger partial charge in [0.15, 0.2) is 0 Å². The summed E-state index contributed by atoms with van der Waals surface area (Å²) in [5, 5.41) is 9.34. The summed E-state index contributed by atoms with van der Waals surface area (Å²) >= 11 is 0. The molecular formula is C15H31NO. The maximum atomic E-state index is 9.34. The molecule has 1 aliphatic rings. The van der Waals surface area contributed by atoms with Gasteiger partial charge in [0, 0.05) is 12.6 Å². The van der Waals surface area contributed by atoms with Gasteiger partial charge in [0.1, 0.15) is 0 Å². The Morgan fingerprint density at radius 2 is 2.00 bits per heavy atom. The van der Waals surface area contributed by atoms with Crippen molar-refractivity contribution in [1.29, 1.82) is 0 Å². The zero-order chi connectivity index (χ0) is 12.9. The van der Waals surface area contributed by atoms with Crippen molar-refractivity contribution in [2.24, 2.45) is 23.0 Å². The summed E-state index contributed by atoms with van der Waals surface area (Å²) in [7, 11) is 0. The molecule has 1 rings (SSSR count). The average Bonchev–Trinajstić information content (AvgIpc) is 2.52. The molecule has 2 nitrogen and oxygen atoms in total. The highest BCUT2D eigenvalue weighted by Crippen LogP contribution is 2.44. The van der Waals surface area contributed by atoms with Crippen molar-refractivity contribution < 1.29 is 5.11 Å². The first kappa shape index (κ1) is 15.0. The van der Waals surface area contributed by atoms with E-state index in [-0.39, 0.29) is 11.5 Å². The lowest BCUT2D eigenvalue weighted by atomic mass is 9.70. The molecular weight excluding hydrogens is 210 g/mol. The SMILES string of the molecule is CCC(N)C1(CCO)CCCC(C(C)C)CC1. The van der Waals surface area contributed by atoms with Gasteiger partial charge in [0.05, 0.1) is 0 Å². The number of rotatable bonds is 5. The van der Waals surface area contributed by atoms with Crippen LogP contribution in [0, 0.1) is 17.3 Å². The minimum Gasteiger partial charge on any atom is -0.396 e. The van der Waals surface area contributed by atoms with Gasteiger partial charge in [0.2, 0.25) is 0 Å². The van der Waals surface area contributed by atoms with Crippen LogP contribution in [0.4, 0.5) is 0 Å². The summed E-state index contributed by atoms with van der Waals surface area (Å²) in [5.41, 5.74) is 6.56. The van der Waals surface area contributed by atoms with Crippen LogP contribution in [0.2, 0.25) is 0 Å². The molecule has 3 unspecified atom stereocenters. The summed E-state index contributed by atoms with van der Waals surface area (Å²) in [6, 6.07) is 0.264. The summed E-state index contributed by atoms with van der Waals surface area (Å²) in [5.74, 6) is 1.65. The van der Waals surface area contributed by atoms with E-state index in [4.69, 9.17) is 5.73 Å². The molecule has 3 atom stereocenters. The molecule has 0 aromatic rings. The third-order valence-corrected chi connectivity index (χ3v) is 5.04. The molecule has 3 N–H and O–H groups in total. The minimum absolute atomic E-state index is 0.215. The number of hydrogen-bond donors (Lipinski definition) is 2. The number of hydrogen-bond acceptors (Lipinski definition) is 2. The molecule has 2 heteroatoms. The van der Waals surface area contributed by atoms with Gasteiger partial charge in [-0.15, -0.1) is 0 Å². The number of aliphatic hydroxyl groups excluding tert-OH is 1. The van der Waals surface area contributed by atoms with Crippen molar-refractivity contribution >= 4 is 0 Å². The van der Waals surface area contributed by atoms with Crippen LogP contribution in [-0.2, 0) is 0 Å². The fourth-order valence-electron chi connectivity index (χ4n) is 3.59. The third-order valence-electron chi connectivity index (χ3n) is 5.04. The predicted molar refractivity (Wildman–Crippen MR) is 73.8 cm³/mol. The standard InChI is InChI=1S/C15H31NO/c1-4-14(16)15(10-11-17)8-5-6-13(7-9-15)12(2)3/h12-14,17H,4-11,16H2,1-3H3. The van der Waals surface area contributed by atoms with Crippen LogP contribution in [0.15, 0.2) is 0 Å². The van der Waals surface area contributed by atoms with Crippen molar-refractivity contribution in [2.75, 3.05) is 6.61 Å². The van der Waals surface area contributed by atoms with Crippen LogP contribution in [0.1, 0.15) is 65.7 Å². The van der Waals surface area contributed by atoms with E-state index in [0.717, 1.165) is 24.7 Å². The highest BCUT2D eigenvalue weighted by molar-refractivity contribution is 4.91. The van der Waals surface area contributed by atoms with Gasteiger partial charge >= 0.3 is 0 Å². The lowest BCUT2D eigenvalue weighted by Gasteiger charge is -2.38. The van der Waals surface area contributed by atoms with Crippen LogP contribution in [0.25, 0.3) is 0 Å². The molecule has 0 aromatic carbocycles. The van der Waals surface area contributed by atoms with E-state index in [1.54, 1.807) is 0 Å². The molecule has 17 heavy (non-hydrogen) atoms. The van der Waals surface area contributed by atoms with E-state index in [1.165, 1.54) is 32.1 Å². The largest absolute Gasteiger partial charge is 0.396 e. The summed E-state index contributed by atoms with van der Waals surface area (Å²) in [6.07, 6.45) is 8.29. The minimum atomic E-state index is 0.215. The quantitative estimate of drug-likeness (QED) is 0.725. The summed E-state index contributed by atoms with van der Waals surface area (Å²) < 4.78 is 0. The molecule has 0 saturated heterocycles. The smallest absolute Gasteiger partial charge is 0.0436 e. The van der Waals surface area contributed by atoms with Crippen molar-refractivity contribution in [3.63, 3.8) is 0 Å². The molecule has 1 aliphatic carbocycles. The van der Waals surface area contributed by atoms with E-state index in [0.29, 0.717) is 6.61 Å².